The third kappa shape index (κ3) is 3.22. The largest absolute Gasteiger partial charge is 0.380 e. The number of hydrogen-bond acceptors (Lipinski definition) is 6. The first kappa shape index (κ1) is 14.2. The van der Waals surface area contributed by atoms with Gasteiger partial charge in [-0.05, 0) is 18.2 Å². The predicted octanol–water partition coefficient (Wildman–Crippen LogP) is 3.83. The number of thiophene rings is 1. The highest BCUT2D eigenvalue weighted by Crippen LogP contribution is 2.28. The average molecular weight is 314 g/mol. The summed E-state index contributed by atoms with van der Waals surface area (Å²) in [6, 6.07) is 7.38. The molecule has 1 N–H and O–H groups in total. The fourth-order valence-electron chi connectivity index (χ4n) is 1.51. The van der Waals surface area contributed by atoms with Crippen LogP contribution < -0.4 is 5.32 Å². The summed E-state index contributed by atoms with van der Waals surface area (Å²) >= 11 is 6.85. The molecule has 0 fully saturated rings. The van der Waals surface area contributed by atoms with Crippen LogP contribution in [-0.4, -0.2) is 9.85 Å². The number of nitro groups is 2. The third-order valence-electron chi connectivity index (χ3n) is 2.44. The van der Waals surface area contributed by atoms with Gasteiger partial charge in [0, 0.05) is 29.2 Å². The number of halogens is 1. The highest BCUT2D eigenvalue weighted by atomic mass is 35.5. The predicted molar refractivity (Wildman–Crippen MR) is 76.4 cm³/mol. The van der Waals surface area contributed by atoms with E-state index < -0.39 is 9.85 Å². The van der Waals surface area contributed by atoms with E-state index in [4.69, 9.17) is 11.6 Å². The van der Waals surface area contributed by atoms with Crippen LogP contribution in [0.4, 0.5) is 16.4 Å². The van der Waals surface area contributed by atoms with Gasteiger partial charge >= 0.3 is 5.00 Å². The first-order valence-electron chi connectivity index (χ1n) is 5.38. The summed E-state index contributed by atoms with van der Waals surface area (Å²) in [6.45, 7) is 0.382. The standard InChI is InChI=1S/C11H8ClN3O4S/c12-9-5-7(1-3-10(9)14(16)17)13-6-8-2-4-11(20-8)15(18)19/h1-5,13H,6H2. The molecule has 1 aromatic carbocycles. The molecule has 9 heteroatoms. The molecule has 0 atom stereocenters. The van der Waals surface area contributed by atoms with Crippen LogP contribution in [0, 0.1) is 20.2 Å². The molecule has 0 aliphatic carbocycles. The minimum Gasteiger partial charge on any atom is -0.380 e. The van der Waals surface area contributed by atoms with E-state index in [9.17, 15) is 20.2 Å². The lowest BCUT2D eigenvalue weighted by molar-refractivity contribution is -0.384. The molecule has 0 amide bonds. The summed E-state index contributed by atoms with van der Waals surface area (Å²) in [5.41, 5.74) is 0.445. The SMILES string of the molecule is O=[N+]([O-])c1ccc(CNc2ccc([N+](=O)[O-])c(Cl)c2)s1. The van der Waals surface area contributed by atoms with Crippen molar-refractivity contribution >= 4 is 39.3 Å². The molecule has 0 spiro atoms. The smallest absolute Gasteiger partial charge is 0.324 e. The number of hydrogen-bond donors (Lipinski definition) is 1. The molecular weight excluding hydrogens is 306 g/mol. The van der Waals surface area contributed by atoms with E-state index in [0.29, 0.717) is 12.2 Å². The highest BCUT2D eigenvalue weighted by Gasteiger charge is 2.13. The summed E-state index contributed by atoms with van der Waals surface area (Å²) in [4.78, 5) is 20.9. The van der Waals surface area contributed by atoms with E-state index in [1.807, 2.05) is 0 Å². The van der Waals surface area contributed by atoms with Gasteiger partial charge in [0.2, 0.25) is 0 Å². The molecule has 0 aliphatic rings. The Hall–Kier alpha value is -2.19. The maximum absolute atomic E-state index is 10.6. The van der Waals surface area contributed by atoms with Crippen molar-refractivity contribution in [3.05, 3.63) is 60.5 Å². The number of nitrogens with one attached hydrogen (secondary N) is 1. The van der Waals surface area contributed by atoms with E-state index in [1.54, 1.807) is 6.07 Å². The molecular formula is C11H8ClN3O4S. The molecule has 2 rings (SSSR count). The van der Waals surface area contributed by atoms with Crippen molar-refractivity contribution < 1.29 is 9.85 Å². The molecule has 20 heavy (non-hydrogen) atoms. The van der Waals surface area contributed by atoms with Crippen molar-refractivity contribution in [2.24, 2.45) is 0 Å². The Morgan fingerprint density at radius 1 is 1.15 bits per heavy atom. The van der Waals surface area contributed by atoms with E-state index in [-0.39, 0.29) is 15.7 Å². The van der Waals surface area contributed by atoms with Crippen LogP contribution in [0.2, 0.25) is 5.02 Å². The zero-order chi connectivity index (χ0) is 14.7. The molecule has 104 valence electrons. The minimum absolute atomic E-state index is 0.0390. The van der Waals surface area contributed by atoms with Gasteiger partial charge < -0.3 is 5.32 Å². The first-order chi connectivity index (χ1) is 9.47. The van der Waals surface area contributed by atoms with Crippen LogP contribution in [0.25, 0.3) is 0 Å². The Kier molecular flexibility index (Phi) is 4.16. The normalized spacial score (nSPS) is 10.2. The van der Waals surface area contributed by atoms with Crippen molar-refractivity contribution in [1.29, 1.82) is 0 Å². The van der Waals surface area contributed by atoms with Gasteiger partial charge in [-0.25, -0.2) is 0 Å². The zero-order valence-electron chi connectivity index (χ0n) is 9.91. The molecule has 0 aliphatic heterocycles. The Bertz CT molecular complexity index is 673. The van der Waals surface area contributed by atoms with Gasteiger partial charge in [-0.3, -0.25) is 20.2 Å². The maximum Gasteiger partial charge on any atom is 0.324 e. The third-order valence-corrected chi connectivity index (χ3v) is 3.78. The quantitative estimate of drug-likeness (QED) is 0.668. The van der Waals surface area contributed by atoms with Crippen LogP contribution in [0.5, 0.6) is 0 Å². The molecule has 0 saturated heterocycles. The summed E-state index contributed by atoms with van der Waals surface area (Å²) in [5, 5.41) is 24.3. The Morgan fingerprint density at radius 3 is 2.45 bits per heavy atom. The maximum atomic E-state index is 10.6. The van der Waals surface area contributed by atoms with Crippen molar-refractivity contribution in [3.63, 3.8) is 0 Å². The number of nitrogens with zero attached hydrogens (tertiary/aromatic N) is 2. The topological polar surface area (TPSA) is 98.3 Å². The molecule has 0 saturated carbocycles. The Morgan fingerprint density at radius 2 is 1.90 bits per heavy atom. The van der Waals surface area contributed by atoms with Crippen molar-refractivity contribution in [3.8, 4) is 0 Å². The van der Waals surface area contributed by atoms with E-state index in [2.05, 4.69) is 5.32 Å². The number of benzene rings is 1. The second-order valence-electron chi connectivity index (χ2n) is 3.77. The van der Waals surface area contributed by atoms with Gasteiger partial charge in [0.05, 0.1) is 9.85 Å². The fraction of sp³-hybridized carbons (Fsp3) is 0.0909. The lowest BCUT2D eigenvalue weighted by Crippen LogP contribution is -1.98. The summed E-state index contributed by atoms with van der Waals surface area (Å²) in [7, 11) is 0. The Labute approximate surface area is 122 Å². The van der Waals surface area contributed by atoms with Gasteiger partial charge in [-0.1, -0.05) is 22.9 Å². The lowest BCUT2D eigenvalue weighted by atomic mass is 10.3. The number of rotatable bonds is 5. The second-order valence-corrected chi connectivity index (χ2v) is 5.33. The van der Waals surface area contributed by atoms with Crippen LogP contribution in [-0.2, 0) is 6.54 Å². The number of anilines is 1. The molecule has 0 bridgehead atoms. The Balaban J connectivity index is 2.05. The molecule has 1 heterocycles. The fourth-order valence-corrected chi connectivity index (χ4v) is 2.52. The van der Waals surface area contributed by atoms with Gasteiger partial charge in [0.25, 0.3) is 5.69 Å². The molecule has 0 radical (unpaired) electrons. The van der Waals surface area contributed by atoms with Crippen LogP contribution in [0.3, 0.4) is 0 Å². The molecule has 2 aromatic rings. The lowest BCUT2D eigenvalue weighted by Gasteiger charge is -2.05. The van der Waals surface area contributed by atoms with E-state index >= 15 is 0 Å². The van der Waals surface area contributed by atoms with Gasteiger partial charge in [-0.15, -0.1) is 0 Å². The minimum atomic E-state index is -0.561. The van der Waals surface area contributed by atoms with Crippen molar-refractivity contribution in [2.45, 2.75) is 6.54 Å². The first-order valence-corrected chi connectivity index (χ1v) is 6.58. The summed E-state index contributed by atoms with van der Waals surface area (Å²) in [5.74, 6) is 0. The van der Waals surface area contributed by atoms with Gasteiger partial charge in [0.15, 0.2) is 0 Å². The summed E-state index contributed by atoms with van der Waals surface area (Å²) in [6.07, 6.45) is 0. The monoisotopic (exact) mass is 313 g/mol. The average Bonchev–Trinajstić information content (AvgIpc) is 2.85. The van der Waals surface area contributed by atoms with Crippen LogP contribution in [0.15, 0.2) is 30.3 Å². The van der Waals surface area contributed by atoms with E-state index in [0.717, 1.165) is 16.2 Å². The molecule has 7 nitrogen and oxygen atoms in total. The van der Waals surface area contributed by atoms with Crippen molar-refractivity contribution in [2.75, 3.05) is 5.32 Å². The zero-order valence-corrected chi connectivity index (χ0v) is 11.5. The van der Waals surface area contributed by atoms with Crippen LogP contribution in [0.1, 0.15) is 4.88 Å². The highest BCUT2D eigenvalue weighted by molar-refractivity contribution is 7.15. The molecule has 0 unspecified atom stereocenters. The van der Waals surface area contributed by atoms with Gasteiger partial charge in [0.1, 0.15) is 5.02 Å². The number of nitro benzene ring substituents is 1. The summed E-state index contributed by atoms with van der Waals surface area (Å²) < 4.78 is 0. The molecule has 1 aromatic heterocycles. The van der Waals surface area contributed by atoms with Gasteiger partial charge in [-0.2, -0.15) is 0 Å². The second kappa shape index (κ2) is 5.85. The van der Waals surface area contributed by atoms with Crippen molar-refractivity contribution in [1.82, 2.24) is 0 Å². The van der Waals surface area contributed by atoms with Crippen LogP contribution >= 0.6 is 22.9 Å². The van der Waals surface area contributed by atoms with E-state index in [1.165, 1.54) is 24.3 Å².